The lowest BCUT2D eigenvalue weighted by Gasteiger charge is -2.12. The lowest BCUT2D eigenvalue weighted by Crippen LogP contribution is -2.21. The number of carbonyl (C=O) groups is 1. The first-order valence-electron chi connectivity index (χ1n) is 6.75. The first-order valence-corrected chi connectivity index (χ1v) is 8.01. The molecule has 0 aliphatic heterocycles. The van der Waals surface area contributed by atoms with Crippen LogP contribution in [0.25, 0.3) is 21.5 Å². The van der Waals surface area contributed by atoms with Gasteiger partial charge < -0.3 is 5.11 Å². The van der Waals surface area contributed by atoms with Crippen LogP contribution in [0.15, 0.2) is 23.8 Å². The number of rotatable bonds is 4. The molecule has 0 radical (unpaired) electrons. The second-order valence-electron chi connectivity index (χ2n) is 5.44. The molecule has 0 unspecified atom stereocenters. The van der Waals surface area contributed by atoms with Gasteiger partial charge in [-0.3, -0.25) is 9.48 Å². The number of hydrogen-bond donors (Lipinski definition) is 1. The number of halogens is 1. The van der Waals surface area contributed by atoms with Crippen molar-refractivity contribution in [2.45, 2.75) is 24.8 Å². The van der Waals surface area contributed by atoms with Gasteiger partial charge in [0.25, 0.3) is 0 Å². The molecule has 3 aromatic rings. The standard InChI is InChI=1S/C14H11ClN4O2S/c15-13-17-9-1-4-22-12(9)11(18-13)8-6-16-19(7-8)14(2-3-14)5-10(20)21/h1,4,6-7H,2-3,5H2,(H,20,21). The van der Waals surface area contributed by atoms with Gasteiger partial charge in [0.15, 0.2) is 0 Å². The van der Waals surface area contributed by atoms with Crippen molar-refractivity contribution in [3.05, 3.63) is 29.1 Å². The fraction of sp³-hybridized carbons (Fsp3) is 0.286. The molecule has 1 aliphatic carbocycles. The Hall–Kier alpha value is -1.99. The van der Waals surface area contributed by atoms with Crippen LogP contribution in [0.2, 0.25) is 5.28 Å². The van der Waals surface area contributed by atoms with E-state index < -0.39 is 5.97 Å². The van der Waals surface area contributed by atoms with Crippen molar-refractivity contribution in [2.75, 3.05) is 0 Å². The molecule has 0 spiro atoms. The van der Waals surface area contributed by atoms with Crippen molar-refractivity contribution in [2.24, 2.45) is 0 Å². The van der Waals surface area contributed by atoms with Crippen LogP contribution in [0.4, 0.5) is 0 Å². The summed E-state index contributed by atoms with van der Waals surface area (Å²) in [5.41, 5.74) is 1.99. The molecule has 1 aliphatic rings. The first kappa shape index (κ1) is 13.7. The minimum Gasteiger partial charge on any atom is -0.481 e. The lowest BCUT2D eigenvalue weighted by molar-refractivity contribution is -0.138. The minimum absolute atomic E-state index is 0.0903. The van der Waals surface area contributed by atoms with Crippen LogP contribution in [0, 0.1) is 0 Å². The van der Waals surface area contributed by atoms with Crippen LogP contribution in [-0.2, 0) is 10.3 Å². The molecule has 4 rings (SSSR count). The van der Waals surface area contributed by atoms with Crippen molar-refractivity contribution >= 4 is 39.1 Å². The molecule has 0 saturated heterocycles. The predicted octanol–water partition coefficient (Wildman–Crippen LogP) is 3.17. The monoisotopic (exact) mass is 334 g/mol. The lowest BCUT2D eigenvalue weighted by atomic mass is 10.2. The van der Waals surface area contributed by atoms with E-state index in [1.165, 1.54) is 0 Å². The topological polar surface area (TPSA) is 80.9 Å². The van der Waals surface area contributed by atoms with Crippen LogP contribution in [0.1, 0.15) is 19.3 Å². The number of carboxylic acids is 1. The first-order chi connectivity index (χ1) is 10.6. The Morgan fingerprint density at radius 3 is 3.00 bits per heavy atom. The van der Waals surface area contributed by atoms with Crippen molar-refractivity contribution < 1.29 is 9.90 Å². The average molecular weight is 335 g/mol. The van der Waals surface area contributed by atoms with E-state index in [0.717, 1.165) is 34.3 Å². The van der Waals surface area contributed by atoms with E-state index in [2.05, 4.69) is 15.1 Å². The molecular formula is C14H11ClN4O2S. The number of fused-ring (bicyclic) bond motifs is 1. The summed E-state index contributed by atoms with van der Waals surface area (Å²) in [5.74, 6) is -0.805. The number of thiophene rings is 1. The van der Waals surface area contributed by atoms with Crippen molar-refractivity contribution in [3.63, 3.8) is 0 Å². The molecule has 0 amide bonds. The summed E-state index contributed by atoms with van der Waals surface area (Å²) in [6, 6.07) is 1.90. The molecule has 0 atom stereocenters. The zero-order valence-electron chi connectivity index (χ0n) is 11.4. The Morgan fingerprint density at radius 1 is 1.45 bits per heavy atom. The number of aliphatic carboxylic acids is 1. The Morgan fingerprint density at radius 2 is 2.27 bits per heavy atom. The third-order valence-electron chi connectivity index (χ3n) is 3.93. The molecule has 112 valence electrons. The van der Waals surface area contributed by atoms with Crippen molar-refractivity contribution in [1.82, 2.24) is 19.7 Å². The maximum absolute atomic E-state index is 11.0. The van der Waals surface area contributed by atoms with E-state index >= 15 is 0 Å². The van der Waals surface area contributed by atoms with E-state index in [1.54, 1.807) is 22.2 Å². The number of aromatic nitrogens is 4. The SMILES string of the molecule is O=C(O)CC1(n2cc(-c3nc(Cl)nc4ccsc34)cn2)CC1. The maximum Gasteiger partial charge on any atom is 0.305 e. The van der Waals surface area contributed by atoms with E-state index in [4.69, 9.17) is 16.7 Å². The molecule has 0 aromatic carbocycles. The number of hydrogen-bond acceptors (Lipinski definition) is 5. The van der Waals surface area contributed by atoms with Crippen molar-refractivity contribution in [1.29, 1.82) is 0 Å². The summed E-state index contributed by atoms with van der Waals surface area (Å²) in [4.78, 5) is 19.5. The van der Waals surface area contributed by atoms with Gasteiger partial charge >= 0.3 is 5.97 Å². The van der Waals surface area contributed by atoms with Gasteiger partial charge in [0.2, 0.25) is 5.28 Å². The predicted molar refractivity (Wildman–Crippen MR) is 83.1 cm³/mol. The second kappa shape index (κ2) is 4.76. The zero-order valence-corrected chi connectivity index (χ0v) is 12.9. The summed E-state index contributed by atoms with van der Waals surface area (Å²) in [6.07, 6.45) is 5.32. The molecule has 1 N–H and O–H groups in total. The van der Waals surface area contributed by atoms with Gasteiger partial charge in [-0.25, -0.2) is 9.97 Å². The molecule has 8 heteroatoms. The highest BCUT2D eigenvalue weighted by molar-refractivity contribution is 7.17. The summed E-state index contributed by atoms with van der Waals surface area (Å²) in [7, 11) is 0. The third-order valence-corrected chi connectivity index (χ3v) is 5.01. The highest BCUT2D eigenvalue weighted by Crippen LogP contribution is 2.46. The molecule has 3 aromatic heterocycles. The summed E-state index contributed by atoms with van der Waals surface area (Å²) >= 11 is 7.53. The van der Waals surface area contributed by atoms with E-state index in [9.17, 15) is 4.79 Å². The summed E-state index contributed by atoms with van der Waals surface area (Å²) in [5, 5.41) is 15.5. The fourth-order valence-electron chi connectivity index (χ4n) is 2.65. The third kappa shape index (κ3) is 2.17. The van der Waals surface area contributed by atoms with Gasteiger partial charge in [-0.2, -0.15) is 5.10 Å². The summed E-state index contributed by atoms with van der Waals surface area (Å²) < 4.78 is 2.71. The van der Waals surface area contributed by atoms with Crippen LogP contribution in [-0.4, -0.2) is 30.8 Å². The van der Waals surface area contributed by atoms with Gasteiger partial charge in [-0.15, -0.1) is 11.3 Å². The molecular weight excluding hydrogens is 324 g/mol. The summed E-state index contributed by atoms with van der Waals surface area (Å²) in [6.45, 7) is 0. The van der Waals surface area contributed by atoms with Gasteiger partial charge in [-0.1, -0.05) is 0 Å². The molecule has 1 saturated carbocycles. The number of carboxylic acid groups (broad SMARTS) is 1. The Bertz CT molecular complexity index is 884. The Kier molecular flexibility index (Phi) is 2.95. The Labute approximate surface area is 134 Å². The largest absolute Gasteiger partial charge is 0.481 e. The van der Waals surface area contributed by atoms with Crippen molar-refractivity contribution in [3.8, 4) is 11.3 Å². The van der Waals surface area contributed by atoms with Crippen LogP contribution >= 0.6 is 22.9 Å². The average Bonchev–Trinajstić information content (AvgIpc) is 2.92. The van der Waals surface area contributed by atoms with Gasteiger partial charge in [0.1, 0.15) is 0 Å². The van der Waals surface area contributed by atoms with E-state index in [-0.39, 0.29) is 17.2 Å². The van der Waals surface area contributed by atoms with E-state index in [0.29, 0.717) is 0 Å². The maximum atomic E-state index is 11.0. The molecule has 0 bridgehead atoms. The second-order valence-corrected chi connectivity index (χ2v) is 6.70. The van der Waals surface area contributed by atoms with Crippen LogP contribution in [0.5, 0.6) is 0 Å². The minimum atomic E-state index is -0.805. The Balaban J connectivity index is 1.78. The molecule has 6 nitrogen and oxygen atoms in total. The zero-order chi connectivity index (χ0) is 15.3. The van der Waals surface area contributed by atoms with Crippen LogP contribution in [0.3, 0.4) is 0 Å². The highest BCUT2D eigenvalue weighted by Gasteiger charge is 2.47. The smallest absolute Gasteiger partial charge is 0.305 e. The molecule has 3 heterocycles. The fourth-order valence-corrected chi connectivity index (χ4v) is 3.67. The van der Waals surface area contributed by atoms with Gasteiger partial charge in [-0.05, 0) is 35.9 Å². The normalized spacial score (nSPS) is 16.0. The van der Waals surface area contributed by atoms with E-state index in [1.807, 2.05) is 17.6 Å². The van der Waals surface area contributed by atoms with Gasteiger partial charge in [0.05, 0.1) is 34.1 Å². The molecule has 22 heavy (non-hydrogen) atoms. The molecule has 1 fully saturated rings. The number of nitrogens with zero attached hydrogens (tertiary/aromatic N) is 4. The quantitative estimate of drug-likeness (QED) is 0.741. The van der Waals surface area contributed by atoms with Gasteiger partial charge in [0, 0.05) is 11.8 Å². The highest BCUT2D eigenvalue weighted by atomic mass is 35.5. The van der Waals surface area contributed by atoms with Crippen LogP contribution < -0.4 is 0 Å².